The Morgan fingerprint density at radius 1 is 0.634 bits per heavy atom. The number of hydrogen-bond donors (Lipinski definition) is 0. The highest BCUT2D eigenvalue weighted by molar-refractivity contribution is 6.28. The maximum absolute atomic E-state index is 14.3. The molecular weight excluding hydrogens is 518 g/mol. The van der Waals surface area contributed by atoms with Crippen LogP contribution < -0.4 is 14.5 Å². The molecule has 2 bridgehead atoms. The Morgan fingerprint density at radius 2 is 1.10 bits per heavy atom. The normalized spacial score (nSPS) is 30.1. The second kappa shape index (κ2) is 8.97. The van der Waals surface area contributed by atoms with Gasteiger partial charge in [0.2, 0.25) is 23.6 Å². The molecule has 3 fully saturated rings. The minimum Gasteiger partial charge on any atom is -0.497 e. The summed E-state index contributed by atoms with van der Waals surface area (Å²) in [4.78, 5) is 61.7. The molecule has 1 saturated carbocycles. The molecule has 2 saturated heterocycles. The van der Waals surface area contributed by atoms with Gasteiger partial charge in [-0.15, -0.1) is 0 Å². The van der Waals surface area contributed by atoms with Crippen LogP contribution in [0.2, 0.25) is 0 Å². The third-order valence-electron chi connectivity index (χ3n) is 9.44. The van der Waals surface area contributed by atoms with Gasteiger partial charge in [0, 0.05) is 5.92 Å². The maximum atomic E-state index is 14.3. The summed E-state index contributed by atoms with van der Waals surface area (Å²) in [6.45, 7) is 0. The lowest BCUT2D eigenvalue weighted by molar-refractivity contribution is -0.147. The molecular formula is C33H29N3O5. The highest BCUT2D eigenvalue weighted by Gasteiger charge is 2.76. The summed E-state index contributed by atoms with van der Waals surface area (Å²) in [7, 11) is 5.25. The molecule has 3 aromatic rings. The Balaban J connectivity index is 1.47. The van der Waals surface area contributed by atoms with E-state index in [1.165, 1.54) is 9.80 Å². The van der Waals surface area contributed by atoms with E-state index in [0.717, 1.165) is 11.1 Å². The van der Waals surface area contributed by atoms with Crippen molar-refractivity contribution in [2.24, 2.45) is 29.6 Å². The number of para-hydroxylation sites is 2. The van der Waals surface area contributed by atoms with Crippen molar-refractivity contribution in [3.8, 4) is 5.75 Å². The maximum Gasteiger partial charge on any atom is 0.239 e. The number of imide groups is 2. The van der Waals surface area contributed by atoms with Crippen molar-refractivity contribution in [2.45, 2.75) is 5.54 Å². The minimum absolute atomic E-state index is 0.335. The van der Waals surface area contributed by atoms with E-state index < -0.39 is 35.1 Å². The third kappa shape index (κ3) is 3.25. The highest BCUT2D eigenvalue weighted by Crippen LogP contribution is 2.65. The van der Waals surface area contributed by atoms with E-state index in [1.807, 2.05) is 61.5 Å². The Morgan fingerprint density at radius 3 is 1.51 bits per heavy atom. The summed E-state index contributed by atoms with van der Waals surface area (Å²) in [6.07, 6.45) is 2.00. The van der Waals surface area contributed by atoms with Gasteiger partial charge in [-0.05, 0) is 61.6 Å². The lowest BCUT2D eigenvalue weighted by Crippen LogP contribution is -2.68. The first-order valence-electron chi connectivity index (χ1n) is 13.7. The molecule has 4 amide bonds. The molecule has 2 heterocycles. The van der Waals surface area contributed by atoms with E-state index >= 15 is 0 Å². The molecule has 0 radical (unpaired) electrons. The van der Waals surface area contributed by atoms with Crippen LogP contribution in [0.5, 0.6) is 5.75 Å². The van der Waals surface area contributed by atoms with Gasteiger partial charge < -0.3 is 4.74 Å². The van der Waals surface area contributed by atoms with E-state index in [-0.39, 0.29) is 23.6 Å². The van der Waals surface area contributed by atoms with Crippen molar-refractivity contribution in [1.82, 2.24) is 4.90 Å². The fourth-order valence-electron chi connectivity index (χ4n) is 7.82. The third-order valence-corrected chi connectivity index (χ3v) is 9.44. The second-order valence-corrected chi connectivity index (χ2v) is 11.3. The summed E-state index contributed by atoms with van der Waals surface area (Å²) in [5.41, 5.74) is 1.41. The van der Waals surface area contributed by atoms with Crippen LogP contribution in [0, 0.1) is 29.6 Å². The molecule has 3 aromatic carbocycles. The number of carbonyl (C=O) groups is 4. The molecule has 0 N–H and O–H groups in total. The number of amides is 4. The predicted octanol–water partition coefficient (Wildman–Crippen LogP) is 3.63. The molecule has 0 spiro atoms. The van der Waals surface area contributed by atoms with Gasteiger partial charge in [-0.25, -0.2) is 9.80 Å². The van der Waals surface area contributed by atoms with Crippen LogP contribution in [0.25, 0.3) is 5.57 Å². The molecule has 0 aromatic heterocycles. The molecule has 8 heteroatoms. The van der Waals surface area contributed by atoms with Gasteiger partial charge in [-0.3, -0.25) is 24.1 Å². The van der Waals surface area contributed by atoms with Gasteiger partial charge in [0.15, 0.2) is 0 Å². The molecule has 6 atom stereocenters. The molecule has 8 nitrogen and oxygen atoms in total. The Labute approximate surface area is 237 Å². The van der Waals surface area contributed by atoms with Crippen LogP contribution in [-0.2, 0) is 19.2 Å². The van der Waals surface area contributed by atoms with Gasteiger partial charge in [0.25, 0.3) is 0 Å². The van der Waals surface area contributed by atoms with Crippen LogP contribution in [-0.4, -0.2) is 55.3 Å². The van der Waals surface area contributed by atoms with E-state index in [4.69, 9.17) is 4.74 Å². The van der Waals surface area contributed by atoms with E-state index in [2.05, 4.69) is 0 Å². The van der Waals surface area contributed by atoms with Crippen LogP contribution in [0.3, 0.4) is 0 Å². The van der Waals surface area contributed by atoms with Crippen molar-refractivity contribution in [1.29, 1.82) is 0 Å². The zero-order chi connectivity index (χ0) is 28.6. The second-order valence-electron chi connectivity index (χ2n) is 11.3. The summed E-state index contributed by atoms with van der Waals surface area (Å²) in [5, 5.41) is 0. The summed E-state index contributed by atoms with van der Waals surface area (Å²) in [5.74, 6) is -4.59. The van der Waals surface area contributed by atoms with Gasteiger partial charge >= 0.3 is 0 Å². The smallest absolute Gasteiger partial charge is 0.239 e. The Kier molecular flexibility index (Phi) is 5.56. The lowest BCUT2D eigenvalue weighted by atomic mass is 9.47. The van der Waals surface area contributed by atoms with E-state index in [0.29, 0.717) is 17.1 Å². The molecule has 2 aliphatic heterocycles. The average molecular weight is 548 g/mol. The molecule has 3 aliphatic carbocycles. The summed E-state index contributed by atoms with van der Waals surface area (Å²) < 4.78 is 5.36. The number of anilines is 2. The largest absolute Gasteiger partial charge is 0.497 e. The van der Waals surface area contributed by atoms with Crippen LogP contribution in [0.4, 0.5) is 11.4 Å². The first kappa shape index (κ1) is 25.4. The number of hydrogen-bond acceptors (Lipinski definition) is 6. The quantitative estimate of drug-likeness (QED) is 0.454. The molecule has 41 heavy (non-hydrogen) atoms. The number of allylic oxidation sites excluding steroid dienone is 1. The van der Waals surface area contributed by atoms with Crippen molar-refractivity contribution < 1.29 is 23.9 Å². The van der Waals surface area contributed by atoms with Crippen molar-refractivity contribution >= 4 is 40.6 Å². The van der Waals surface area contributed by atoms with Crippen LogP contribution >= 0.6 is 0 Å². The number of benzene rings is 3. The Hall–Kier alpha value is -4.56. The average Bonchev–Trinajstić information content (AvgIpc) is 3.44. The van der Waals surface area contributed by atoms with E-state index in [9.17, 15) is 19.2 Å². The Bertz CT molecular complexity index is 1530. The lowest BCUT2D eigenvalue weighted by Gasteiger charge is -2.58. The molecule has 5 aliphatic rings. The number of rotatable bonds is 5. The molecule has 2 unspecified atom stereocenters. The van der Waals surface area contributed by atoms with Crippen molar-refractivity contribution in [3.63, 3.8) is 0 Å². The molecule has 206 valence electrons. The summed E-state index contributed by atoms with van der Waals surface area (Å²) >= 11 is 0. The SMILES string of the molecule is COc1ccc(C2=CC3(N(C)C)[C@@H]4C(=O)N(c5ccccc5)C(=O)[C@@H]4C2[C@@H]2C(=O)N(c4ccccc4)C(=O)[C@@H]23)cc1. The zero-order valence-corrected chi connectivity index (χ0v) is 22.9. The van der Waals surface area contributed by atoms with Gasteiger partial charge in [-0.1, -0.05) is 54.6 Å². The van der Waals surface area contributed by atoms with Gasteiger partial charge in [0.1, 0.15) is 5.75 Å². The van der Waals surface area contributed by atoms with Gasteiger partial charge in [-0.2, -0.15) is 0 Å². The van der Waals surface area contributed by atoms with Gasteiger partial charge in [0.05, 0.1) is 47.7 Å². The highest BCUT2D eigenvalue weighted by atomic mass is 16.5. The number of nitrogens with zero attached hydrogens (tertiary/aromatic N) is 3. The number of methoxy groups -OCH3 is 1. The standard InChI is InChI=1S/C33H29N3O5/c1-34(2)33-18-23(19-14-16-22(41-3)17-15-19)24(25-27(33)31(39)35(29(25)37)20-10-6-4-7-11-20)26-28(33)32(40)36(30(26)38)21-12-8-5-9-13-21/h4-18,24-28H,1-3H3/t24?,25-,26+,27+,28-,33?. The van der Waals surface area contributed by atoms with Crippen LogP contribution in [0.1, 0.15) is 5.56 Å². The first-order chi connectivity index (χ1) is 19.8. The fraction of sp³-hybridized carbons (Fsp3) is 0.273. The zero-order valence-electron chi connectivity index (χ0n) is 22.9. The first-order valence-corrected chi connectivity index (χ1v) is 13.7. The van der Waals surface area contributed by atoms with E-state index in [1.54, 1.807) is 55.6 Å². The number of ether oxygens (including phenoxy) is 1. The summed E-state index contributed by atoms with van der Waals surface area (Å²) in [6, 6.07) is 25.3. The topological polar surface area (TPSA) is 87.2 Å². The number of carbonyl (C=O) groups excluding carboxylic acids is 4. The van der Waals surface area contributed by atoms with Crippen LogP contribution in [0.15, 0.2) is 91.0 Å². The number of likely N-dealkylation sites (N-methyl/N-ethyl adjacent to an activating group) is 1. The minimum atomic E-state index is -1.20. The fourth-order valence-corrected chi connectivity index (χ4v) is 7.82. The monoisotopic (exact) mass is 547 g/mol. The van der Waals surface area contributed by atoms with Crippen molar-refractivity contribution in [2.75, 3.05) is 31.0 Å². The van der Waals surface area contributed by atoms with Crippen molar-refractivity contribution in [3.05, 3.63) is 96.6 Å². The molecule has 8 rings (SSSR count). The predicted molar refractivity (Wildman–Crippen MR) is 153 cm³/mol.